The molecule has 4 rings (SSSR count). The minimum absolute atomic E-state index is 0.0252. The van der Waals surface area contributed by atoms with Crippen molar-refractivity contribution >= 4 is 56.0 Å². The number of hydrogen-bond donors (Lipinski definition) is 3. The molecule has 31 heavy (non-hydrogen) atoms. The van der Waals surface area contributed by atoms with E-state index in [9.17, 15) is 13.2 Å². The number of anilines is 1. The lowest BCUT2D eigenvalue weighted by Gasteiger charge is -2.10. The van der Waals surface area contributed by atoms with Gasteiger partial charge in [0.2, 0.25) is 0 Å². The molecule has 11 heteroatoms. The third-order valence-corrected chi connectivity index (χ3v) is 6.38. The highest BCUT2D eigenvalue weighted by atomic mass is 35.5. The summed E-state index contributed by atoms with van der Waals surface area (Å²) in [5.74, 6) is 0.727. The van der Waals surface area contributed by atoms with E-state index in [1.54, 1.807) is 48.5 Å². The van der Waals surface area contributed by atoms with E-state index in [4.69, 9.17) is 33.7 Å². The molecule has 0 saturated heterocycles. The Hall–Kier alpha value is -3.27. The highest BCUT2D eigenvalue weighted by molar-refractivity contribution is 7.92. The Morgan fingerprint density at radius 3 is 2.45 bits per heavy atom. The summed E-state index contributed by atoms with van der Waals surface area (Å²) in [6.07, 6.45) is -0.921. The Labute approximate surface area is 187 Å². The number of carbonyl (C=O) groups excluding carboxylic acids is 1. The number of amides is 1. The van der Waals surface area contributed by atoms with Crippen molar-refractivity contribution in [1.29, 1.82) is 0 Å². The van der Waals surface area contributed by atoms with Gasteiger partial charge in [0.05, 0.1) is 16.1 Å². The number of nitrogens with two attached hydrogens (primary N) is 1. The number of H-pyrrole nitrogens is 1. The molecule has 0 aliphatic carbocycles. The molecular formula is C20H14Cl2N4O4S. The second kappa shape index (κ2) is 8.10. The van der Waals surface area contributed by atoms with Crippen LogP contribution >= 0.6 is 23.2 Å². The van der Waals surface area contributed by atoms with Crippen LogP contribution in [0.5, 0.6) is 5.75 Å². The third-order valence-electron chi connectivity index (χ3n) is 4.26. The molecule has 158 valence electrons. The molecule has 0 saturated carbocycles. The van der Waals surface area contributed by atoms with Crippen LogP contribution in [-0.4, -0.2) is 24.5 Å². The van der Waals surface area contributed by atoms with Crippen LogP contribution in [0.4, 0.5) is 10.5 Å². The standard InChI is InChI=1S/C20H14Cl2N4O4S/c21-12-2-4-13(5-3-12)26-31(28,29)18-8-1-11(9-15(18)22)19-24-16-7-6-14(30-20(23)27)10-17(16)25-19/h1-10,26H,(H2,23,27)(H,24,25). The van der Waals surface area contributed by atoms with Gasteiger partial charge >= 0.3 is 6.09 Å². The fraction of sp³-hybridized carbons (Fsp3) is 0. The molecule has 3 aromatic carbocycles. The Morgan fingerprint density at radius 2 is 1.77 bits per heavy atom. The molecule has 1 heterocycles. The average molecular weight is 477 g/mol. The maximum atomic E-state index is 12.7. The lowest BCUT2D eigenvalue weighted by Crippen LogP contribution is -2.16. The summed E-state index contributed by atoms with van der Waals surface area (Å²) in [5, 5.41) is 0.515. The van der Waals surface area contributed by atoms with Gasteiger partial charge in [-0.2, -0.15) is 0 Å². The maximum Gasteiger partial charge on any atom is 0.409 e. The van der Waals surface area contributed by atoms with Gasteiger partial charge in [-0.05, 0) is 54.6 Å². The molecule has 1 aromatic heterocycles. The number of aromatic nitrogens is 2. The third kappa shape index (κ3) is 4.58. The Morgan fingerprint density at radius 1 is 1.03 bits per heavy atom. The number of imidazole rings is 1. The van der Waals surface area contributed by atoms with Crippen LogP contribution in [0.15, 0.2) is 65.6 Å². The predicted octanol–water partition coefficient (Wildman–Crippen LogP) is 4.80. The fourth-order valence-electron chi connectivity index (χ4n) is 2.90. The van der Waals surface area contributed by atoms with Gasteiger partial charge in [-0.15, -0.1) is 0 Å². The van der Waals surface area contributed by atoms with Crippen molar-refractivity contribution in [2.75, 3.05) is 4.72 Å². The summed E-state index contributed by atoms with van der Waals surface area (Å²) in [6, 6.07) is 15.5. The average Bonchev–Trinajstić information content (AvgIpc) is 3.12. The van der Waals surface area contributed by atoms with E-state index in [0.29, 0.717) is 33.1 Å². The van der Waals surface area contributed by atoms with Gasteiger partial charge in [0.25, 0.3) is 10.0 Å². The number of hydrogen-bond acceptors (Lipinski definition) is 5. The second-order valence-corrected chi connectivity index (χ2v) is 8.94. The molecule has 0 aliphatic rings. The number of rotatable bonds is 5. The topological polar surface area (TPSA) is 127 Å². The van der Waals surface area contributed by atoms with Gasteiger partial charge in [0.15, 0.2) is 0 Å². The number of carbonyl (C=O) groups is 1. The van der Waals surface area contributed by atoms with E-state index in [0.717, 1.165) is 0 Å². The van der Waals surface area contributed by atoms with Gasteiger partial charge in [-0.3, -0.25) is 4.72 Å². The summed E-state index contributed by atoms with van der Waals surface area (Å²) in [5.41, 5.74) is 7.17. The monoisotopic (exact) mass is 476 g/mol. The Balaban J connectivity index is 1.63. The zero-order valence-corrected chi connectivity index (χ0v) is 17.9. The summed E-state index contributed by atoms with van der Waals surface area (Å²) >= 11 is 12.1. The molecule has 0 aliphatic heterocycles. The van der Waals surface area contributed by atoms with Gasteiger partial charge in [-0.25, -0.2) is 18.2 Å². The normalized spacial score (nSPS) is 11.4. The molecule has 0 atom stereocenters. The molecule has 1 amide bonds. The molecule has 0 fully saturated rings. The molecule has 0 radical (unpaired) electrons. The first-order chi connectivity index (χ1) is 14.7. The second-order valence-electron chi connectivity index (χ2n) is 6.44. The minimum Gasteiger partial charge on any atom is -0.410 e. The summed E-state index contributed by atoms with van der Waals surface area (Å²) in [6.45, 7) is 0. The lowest BCUT2D eigenvalue weighted by molar-refractivity contribution is 0.211. The van der Waals surface area contributed by atoms with Crippen molar-refractivity contribution in [2.24, 2.45) is 5.73 Å². The lowest BCUT2D eigenvalue weighted by atomic mass is 10.2. The minimum atomic E-state index is -3.91. The van der Waals surface area contributed by atoms with Crippen molar-refractivity contribution in [1.82, 2.24) is 9.97 Å². The maximum absolute atomic E-state index is 12.7. The van der Waals surface area contributed by atoms with E-state index in [2.05, 4.69) is 14.7 Å². The molecule has 0 spiro atoms. The number of nitrogens with one attached hydrogen (secondary N) is 2. The zero-order chi connectivity index (χ0) is 22.2. The van der Waals surface area contributed by atoms with Gasteiger partial charge < -0.3 is 15.5 Å². The first-order valence-corrected chi connectivity index (χ1v) is 11.0. The van der Waals surface area contributed by atoms with Crippen LogP contribution in [0, 0.1) is 0 Å². The number of primary amides is 1. The number of nitrogens with zero attached hydrogens (tertiary/aromatic N) is 1. The number of benzene rings is 3. The van der Waals surface area contributed by atoms with Gasteiger partial charge in [0.1, 0.15) is 16.5 Å². The fourth-order valence-corrected chi connectivity index (χ4v) is 4.63. The van der Waals surface area contributed by atoms with E-state index in [1.165, 1.54) is 12.1 Å². The predicted molar refractivity (Wildman–Crippen MR) is 119 cm³/mol. The van der Waals surface area contributed by atoms with Crippen LogP contribution in [0.1, 0.15) is 0 Å². The zero-order valence-electron chi connectivity index (χ0n) is 15.6. The largest absolute Gasteiger partial charge is 0.410 e. The van der Waals surface area contributed by atoms with Crippen molar-refractivity contribution in [3.8, 4) is 17.1 Å². The van der Waals surface area contributed by atoms with E-state index >= 15 is 0 Å². The van der Waals surface area contributed by atoms with Crippen LogP contribution in [-0.2, 0) is 10.0 Å². The van der Waals surface area contributed by atoms with Crippen LogP contribution in [0.3, 0.4) is 0 Å². The van der Waals surface area contributed by atoms with E-state index in [-0.39, 0.29) is 15.7 Å². The first kappa shape index (κ1) is 21.0. The number of sulfonamides is 1. The molecular weight excluding hydrogens is 463 g/mol. The Bertz CT molecular complexity index is 1400. The molecule has 0 unspecified atom stereocenters. The number of ether oxygens (including phenoxy) is 1. The number of halogens is 2. The number of aromatic amines is 1. The molecule has 4 aromatic rings. The van der Waals surface area contributed by atoms with Crippen molar-refractivity contribution in [2.45, 2.75) is 4.90 Å². The van der Waals surface area contributed by atoms with Crippen LogP contribution < -0.4 is 15.2 Å². The molecule has 4 N–H and O–H groups in total. The van der Waals surface area contributed by atoms with E-state index < -0.39 is 16.1 Å². The number of fused-ring (bicyclic) bond motifs is 1. The van der Waals surface area contributed by atoms with Crippen molar-refractivity contribution in [3.63, 3.8) is 0 Å². The summed E-state index contributed by atoms with van der Waals surface area (Å²) < 4.78 is 32.7. The van der Waals surface area contributed by atoms with E-state index in [1.807, 2.05) is 0 Å². The van der Waals surface area contributed by atoms with Crippen molar-refractivity contribution < 1.29 is 17.9 Å². The Kier molecular flexibility index (Phi) is 5.48. The van der Waals surface area contributed by atoms with Gasteiger partial charge in [0, 0.05) is 22.3 Å². The highest BCUT2D eigenvalue weighted by Gasteiger charge is 2.19. The smallest absolute Gasteiger partial charge is 0.409 e. The highest BCUT2D eigenvalue weighted by Crippen LogP contribution is 2.30. The van der Waals surface area contributed by atoms with Gasteiger partial charge in [-0.1, -0.05) is 23.2 Å². The van der Waals surface area contributed by atoms with Crippen LogP contribution in [0.2, 0.25) is 10.0 Å². The van der Waals surface area contributed by atoms with Crippen LogP contribution in [0.25, 0.3) is 22.4 Å². The first-order valence-electron chi connectivity index (χ1n) is 8.77. The summed E-state index contributed by atoms with van der Waals surface area (Å²) in [4.78, 5) is 18.4. The SMILES string of the molecule is NC(=O)Oc1ccc2nc(-c3ccc(S(=O)(=O)Nc4ccc(Cl)cc4)c(Cl)c3)[nH]c2c1. The quantitative estimate of drug-likeness (QED) is 0.381. The molecule has 0 bridgehead atoms. The summed E-state index contributed by atoms with van der Waals surface area (Å²) in [7, 11) is -3.91. The molecule has 8 nitrogen and oxygen atoms in total. The van der Waals surface area contributed by atoms with Crippen molar-refractivity contribution in [3.05, 3.63) is 70.7 Å².